The molecule has 1 unspecified atom stereocenters. The second-order valence-electron chi connectivity index (χ2n) is 4.82. The molecule has 0 bridgehead atoms. The van der Waals surface area contributed by atoms with Crippen LogP contribution in [0.15, 0.2) is 17.2 Å². The molecule has 1 aliphatic heterocycles. The maximum absolute atomic E-state index is 12.1. The number of aromatic carboxylic acids is 1. The molecule has 0 radical (unpaired) electrons. The number of nitrogens with zero attached hydrogens (tertiary/aromatic N) is 1. The van der Waals surface area contributed by atoms with Crippen molar-refractivity contribution in [3.05, 3.63) is 18.0 Å². The molecule has 6 nitrogen and oxygen atoms in total. The van der Waals surface area contributed by atoms with Gasteiger partial charge >= 0.3 is 5.97 Å². The summed E-state index contributed by atoms with van der Waals surface area (Å²) in [6.45, 7) is 0.393. The number of nitrogens with one attached hydrogen (secondary N) is 1. The fourth-order valence-corrected chi connectivity index (χ4v) is 4.64. The number of thioether (sulfide) groups is 1. The Hall–Kier alpha value is -0.990. The third-order valence-corrected chi connectivity index (χ3v) is 6.07. The molecule has 0 aliphatic carbocycles. The average molecular weight is 318 g/mol. The van der Waals surface area contributed by atoms with Crippen LogP contribution in [0.3, 0.4) is 0 Å². The summed E-state index contributed by atoms with van der Waals surface area (Å²) in [6.07, 6.45) is 4.66. The molecule has 0 aromatic carbocycles. The second-order valence-corrected chi connectivity index (χ2v) is 7.99. The van der Waals surface area contributed by atoms with Gasteiger partial charge in [-0.3, -0.25) is 0 Å². The van der Waals surface area contributed by atoms with Gasteiger partial charge < -0.3 is 9.67 Å². The summed E-state index contributed by atoms with van der Waals surface area (Å²) in [7, 11) is -2.13. The summed E-state index contributed by atoms with van der Waals surface area (Å²) in [5, 5.41) is 9.25. The Morgan fingerprint density at radius 1 is 1.55 bits per heavy atom. The number of sulfonamides is 1. The number of aryl methyl sites for hydroxylation is 1. The van der Waals surface area contributed by atoms with Gasteiger partial charge in [-0.2, -0.15) is 11.8 Å². The number of hydrogen-bond donors (Lipinski definition) is 2. The Balaban J connectivity index is 2.06. The molecular formula is C12H18N2O4S2. The lowest BCUT2D eigenvalue weighted by Crippen LogP contribution is -2.31. The molecule has 1 saturated heterocycles. The molecule has 1 aliphatic rings. The molecule has 20 heavy (non-hydrogen) atoms. The van der Waals surface area contributed by atoms with E-state index in [4.69, 9.17) is 5.11 Å². The number of carboxylic acid groups (broad SMARTS) is 1. The molecular weight excluding hydrogens is 300 g/mol. The lowest BCUT2D eigenvalue weighted by Gasteiger charge is -2.21. The van der Waals surface area contributed by atoms with E-state index < -0.39 is 16.0 Å². The van der Waals surface area contributed by atoms with E-state index in [1.165, 1.54) is 30.3 Å². The van der Waals surface area contributed by atoms with Crippen LogP contribution >= 0.6 is 11.8 Å². The smallest absolute Gasteiger partial charge is 0.352 e. The van der Waals surface area contributed by atoms with Gasteiger partial charge in [-0.05, 0) is 24.7 Å². The van der Waals surface area contributed by atoms with Crippen LogP contribution in [0, 0.1) is 0 Å². The number of carbonyl (C=O) groups is 1. The lowest BCUT2D eigenvalue weighted by atomic mass is 10.2. The molecule has 2 N–H and O–H groups in total. The highest BCUT2D eigenvalue weighted by Gasteiger charge is 2.22. The van der Waals surface area contributed by atoms with Gasteiger partial charge in [0.05, 0.1) is 0 Å². The molecule has 112 valence electrons. The normalized spacial score (nSPS) is 19.9. The Kier molecular flexibility index (Phi) is 4.77. The first kappa shape index (κ1) is 15.4. The van der Waals surface area contributed by atoms with Crippen molar-refractivity contribution in [2.45, 2.75) is 29.4 Å². The number of hydrogen-bond acceptors (Lipinski definition) is 4. The van der Waals surface area contributed by atoms with E-state index in [1.54, 1.807) is 11.8 Å². The third-order valence-electron chi connectivity index (χ3n) is 3.28. The summed E-state index contributed by atoms with van der Waals surface area (Å²) >= 11 is 1.79. The highest BCUT2D eigenvalue weighted by molar-refractivity contribution is 8.00. The van der Waals surface area contributed by atoms with Gasteiger partial charge in [0.15, 0.2) is 0 Å². The van der Waals surface area contributed by atoms with Crippen molar-refractivity contribution in [3.63, 3.8) is 0 Å². The quantitative estimate of drug-likeness (QED) is 0.854. The first-order valence-corrected chi connectivity index (χ1v) is 8.94. The van der Waals surface area contributed by atoms with Gasteiger partial charge in [0.25, 0.3) is 0 Å². The van der Waals surface area contributed by atoms with E-state index in [1.807, 2.05) is 0 Å². The largest absolute Gasteiger partial charge is 0.477 e. The SMILES string of the molecule is Cn1cc(S(=O)(=O)NCC2CCCCS2)cc1C(=O)O. The van der Waals surface area contributed by atoms with Crippen LogP contribution in [-0.4, -0.2) is 41.6 Å². The van der Waals surface area contributed by atoms with Crippen molar-refractivity contribution in [2.24, 2.45) is 7.05 Å². The fourth-order valence-electron chi connectivity index (χ4n) is 2.15. The van der Waals surface area contributed by atoms with E-state index in [-0.39, 0.29) is 10.6 Å². The molecule has 1 aromatic rings. The average Bonchev–Trinajstić information content (AvgIpc) is 2.81. The van der Waals surface area contributed by atoms with Crippen LogP contribution in [0.25, 0.3) is 0 Å². The molecule has 2 rings (SSSR count). The summed E-state index contributed by atoms with van der Waals surface area (Å²) in [5.74, 6) is -0.0715. The van der Waals surface area contributed by atoms with Crippen molar-refractivity contribution in [3.8, 4) is 0 Å². The minimum Gasteiger partial charge on any atom is -0.477 e. The zero-order valence-electron chi connectivity index (χ0n) is 11.2. The van der Waals surface area contributed by atoms with Gasteiger partial charge in [0, 0.05) is 25.0 Å². The topological polar surface area (TPSA) is 88.4 Å². The Morgan fingerprint density at radius 3 is 2.85 bits per heavy atom. The third kappa shape index (κ3) is 3.56. The fraction of sp³-hybridized carbons (Fsp3) is 0.583. The van der Waals surface area contributed by atoms with Gasteiger partial charge in [0.1, 0.15) is 10.6 Å². The number of aromatic nitrogens is 1. The van der Waals surface area contributed by atoms with E-state index in [0.717, 1.165) is 18.6 Å². The summed E-state index contributed by atoms with van der Waals surface area (Å²) < 4.78 is 28.1. The van der Waals surface area contributed by atoms with Gasteiger partial charge in [-0.1, -0.05) is 6.42 Å². The lowest BCUT2D eigenvalue weighted by molar-refractivity contribution is 0.0686. The summed E-state index contributed by atoms with van der Waals surface area (Å²) in [5.41, 5.74) is -0.0441. The number of carboxylic acids is 1. The highest BCUT2D eigenvalue weighted by Crippen LogP contribution is 2.24. The molecule has 2 heterocycles. The van der Waals surface area contributed by atoms with Gasteiger partial charge in [0.2, 0.25) is 10.0 Å². The van der Waals surface area contributed by atoms with E-state index in [2.05, 4.69) is 4.72 Å². The molecule has 0 amide bonds. The van der Waals surface area contributed by atoms with Crippen LogP contribution in [0.5, 0.6) is 0 Å². The predicted octanol–water partition coefficient (Wildman–Crippen LogP) is 1.29. The van der Waals surface area contributed by atoms with Crippen molar-refractivity contribution in [2.75, 3.05) is 12.3 Å². The maximum Gasteiger partial charge on any atom is 0.352 e. The minimum atomic E-state index is -3.64. The molecule has 1 aromatic heterocycles. The van der Waals surface area contributed by atoms with E-state index in [9.17, 15) is 13.2 Å². The van der Waals surface area contributed by atoms with Crippen molar-refractivity contribution in [1.82, 2.24) is 9.29 Å². The minimum absolute atomic E-state index is 0.00166. The maximum atomic E-state index is 12.1. The Labute approximate surface area is 122 Å². The second kappa shape index (κ2) is 6.19. The van der Waals surface area contributed by atoms with Crippen molar-refractivity contribution < 1.29 is 18.3 Å². The van der Waals surface area contributed by atoms with E-state index in [0.29, 0.717) is 11.8 Å². The summed E-state index contributed by atoms with van der Waals surface area (Å²) in [6, 6.07) is 1.18. The predicted molar refractivity (Wildman–Crippen MR) is 77.7 cm³/mol. The molecule has 8 heteroatoms. The van der Waals surface area contributed by atoms with Crippen LogP contribution in [0.2, 0.25) is 0 Å². The first-order chi connectivity index (χ1) is 9.40. The zero-order chi connectivity index (χ0) is 14.8. The monoisotopic (exact) mass is 318 g/mol. The highest BCUT2D eigenvalue weighted by atomic mass is 32.2. The van der Waals surface area contributed by atoms with Gasteiger partial charge in [-0.15, -0.1) is 0 Å². The van der Waals surface area contributed by atoms with Crippen molar-refractivity contribution >= 4 is 27.8 Å². The first-order valence-electron chi connectivity index (χ1n) is 6.41. The zero-order valence-corrected chi connectivity index (χ0v) is 12.8. The van der Waals surface area contributed by atoms with Crippen LogP contribution in [-0.2, 0) is 17.1 Å². The molecule has 0 spiro atoms. The van der Waals surface area contributed by atoms with E-state index >= 15 is 0 Å². The molecule has 0 saturated carbocycles. The van der Waals surface area contributed by atoms with Crippen molar-refractivity contribution in [1.29, 1.82) is 0 Å². The summed E-state index contributed by atoms with van der Waals surface area (Å²) in [4.78, 5) is 10.9. The van der Waals surface area contributed by atoms with Crippen LogP contribution in [0.4, 0.5) is 0 Å². The Morgan fingerprint density at radius 2 is 2.30 bits per heavy atom. The number of rotatable bonds is 5. The van der Waals surface area contributed by atoms with Crippen LogP contribution < -0.4 is 4.72 Å². The molecule has 1 atom stereocenters. The standard InChI is InChI=1S/C12H18N2O4S2/c1-14-8-10(6-11(14)12(15)16)20(17,18)13-7-9-4-2-3-5-19-9/h6,8-9,13H,2-5,7H2,1H3,(H,15,16). The molecule has 1 fully saturated rings. The van der Waals surface area contributed by atoms with Gasteiger partial charge in [-0.25, -0.2) is 17.9 Å². The Bertz CT molecular complexity index is 589. The van der Waals surface area contributed by atoms with Crippen LogP contribution in [0.1, 0.15) is 29.8 Å².